The Morgan fingerprint density at radius 2 is 2.12 bits per heavy atom. The zero-order valence-corrected chi connectivity index (χ0v) is 13.7. The average Bonchev–Trinajstić information content (AvgIpc) is 3.25. The van der Waals surface area contributed by atoms with Gasteiger partial charge in [-0.15, -0.1) is 0 Å². The van der Waals surface area contributed by atoms with Gasteiger partial charge in [0.25, 0.3) is 0 Å². The largest absolute Gasteiger partial charge is 0.290 e. The fraction of sp³-hybridized carbons (Fsp3) is 0.333. The molecule has 0 bridgehead atoms. The lowest BCUT2D eigenvalue weighted by Gasteiger charge is -2.24. The highest BCUT2D eigenvalue weighted by molar-refractivity contribution is 5.24. The highest BCUT2D eigenvalue weighted by Crippen LogP contribution is 2.32. The van der Waals surface area contributed by atoms with Gasteiger partial charge in [-0.25, -0.2) is 9.97 Å². The van der Waals surface area contributed by atoms with E-state index in [4.69, 9.17) is 4.98 Å². The van der Waals surface area contributed by atoms with Crippen LogP contribution < -0.4 is 0 Å². The molecule has 122 valence electrons. The molecule has 0 radical (unpaired) electrons. The number of nitrogens with zero attached hydrogens (tertiary/aromatic N) is 6. The molecule has 4 heterocycles. The summed E-state index contributed by atoms with van der Waals surface area (Å²) in [6.45, 7) is 3.95. The van der Waals surface area contributed by atoms with E-state index in [1.54, 1.807) is 12.4 Å². The summed E-state index contributed by atoms with van der Waals surface area (Å²) in [6.07, 6.45) is 13.4. The van der Waals surface area contributed by atoms with Gasteiger partial charge in [-0.1, -0.05) is 6.07 Å². The van der Waals surface area contributed by atoms with Crippen LogP contribution in [0.2, 0.25) is 0 Å². The zero-order chi connectivity index (χ0) is 16.4. The van der Waals surface area contributed by atoms with Crippen molar-refractivity contribution in [3.8, 4) is 5.82 Å². The quantitative estimate of drug-likeness (QED) is 0.740. The summed E-state index contributed by atoms with van der Waals surface area (Å²) >= 11 is 0. The third-order valence-corrected chi connectivity index (χ3v) is 4.53. The van der Waals surface area contributed by atoms with Gasteiger partial charge in [0.2, 0.25) is 0 Å². The molecule has 3 aromatic heterocycles. The topological polar surface area (TPSA) is 59.7 Å². The van der Waals surface area contributed by atoms with Crippen LogP contribution in [0.4, 0.5) is 0 Å². The van der Waals surface area contributed by atoms with Crippen molar-refractivity contribution in [3.05, 3.63) is 66.4 Å². The molecule has 24 heavy (non-hydrogen) atoms. The minimum atomic E-state index is 0.307. The van der Waals surface area contributed by atoms with Crippen LogP contribution in [-0.2, 0) is 6.54 Å². The van der Waals surface area contributed by atoms with E-state index >= 15 is 0 Å². The fourth-order valence-electron chi connectivity index (χ4n) is 3.34. The van der Waals surface area contributed by atoms with E-state index in [1.165, 1.54) is 12.0 Å². The monoisotopic (exact) mass is 320 g/mol. The highest BCUT2D eigenvalue weighted by atomic mass is 15.2. The van der Waals surface area contributed by atoms with Crippen LogP contribution in [0.5, 0.6) is 0 Å². The summed E-state index contributed by atoms with van der Waals surface area (Å²) in [6, 6.07) is 4.42. The Labute approximate surface area is 141 Å². The fourth-order valence-corrected chi connectivity index (χ4v) is 3.34. The molecule has 3 aromatic rings. The van der Waals surface area contributed by atoms with E-state index in [9.17, 15) is 0 Å². The number of rotatable bonds is 4. The summed E-state index contributed by atoms with van der Waals surface area (Å²) in [4.78, 5) is 20.2. The minimum Gasteiger partial charge on any atom is -0.290 e. The molecule has 6 nitrogen and oxygen atoms in total. The first-order valence-corrected chi connectivity index (χ1v) is 8.26. The number of aromatic nitrogens is 5. The lowest BCUT2D eigenvalue weighted by molar-refractivity contribution is 0.243. The highest BCUT2D eigenvalue weighted by Gasteiger charge is 2.27. The Morgan fingerprint density at radius 1 is 1.17 bits per heavy atom. The second-order valence-electron chi connectivity index (χ2n) is 6.14. The number of likely N-dealkylation sites (tertiary alicyclic amines) is 1. The van der Waals surface area contributed by atoms with Crippen molar-refractivity contribution in [1.29, 1.82) is 0 Å². The molecule has 1 unspecified atom stereocenters. The van der Waals surface area contributed by atoms with E-state index in [1.807, 2.05) is 42.3 Å². The molecule has 1 saturated heterocycles. The van der Waals surface area contributed by atoms with Crippen molar-refractivity contribution < 1.29 is 0 Å². The smallest absolute Gasteiger partial charge is 0.156 e. The van der Waals surface area contributed by atoms with Gasteiger partial charge >= 0.3 is 0 Å². The number of hydrogen-bond donors (Lipinski definition) is 0. The van der Waals surface area contributed by atoms with E-state index in [-0.39, 0.29) is 0 Å². The van der Waals surface area contributed by atoms with Crippen LogP contribution in [0.3, 0.4) is 0 Å². The van der Waals surface area contributed by atoms with E-state index in [0.717, 1.165) is 36.8 Å². The van der Waals surface area contributed by atoms with E-state index in [2.05, 4.69) is 25.9 Å². The Hall–Kier alpha value is -2.60. The number of imidazole rings is 1. The van der Waals surface area contributed by atoms with E-state index < -0.39 is 0 Å². The molecule has 6 heteroatoms. The van der Waals surface area contributed by atoms with Gasteiger partial charge in [-0.05, 0) is 37.9 Å². The van der Waals surface area contributed by atoms with Crippen molar-refractivity contribution in [2.45, 2.75) is 32.4 Å². The normalized spacial score (nSPS) is 18.1. The Bertz CT molecular complexity index is 813. The van der Waals surface area contributed by atoms with Gasteiger partial charge in [0.15, 0.2) is 5.82 Å². The van der Waals surface area contributed by atoms with Crippen LogP contribution in [0.15, 0.2) is 49.3 Å². The Morgan fingerprint density at radius 3 is 2.92 bits per heavy atom. The molecule has 1 aliphatic heterocycles. The van der Waals surface area contributed by atoms with Gasteiger partial charge in [0, 0.05) is 31.3 Å². The lowest BCUT2D eigenvalue weighted by Crippen LogP contribution is -2.24. The molecule has 0 aliphatic carbocycles. The molecule has 1 atom stereocenters. The summed E-state index contributed by atoms with van der Waals surface area (Å²) < 4.78 is 1.97. The van der Waals surface area contributed by atoms with E-state index in [0.29, 0.717) is 6.04 Å². The van der Waals surface area contributed by atoms with Gasteiger partial charge in [-0.2, -0.15) is 0 Å². The zero-order valence-electron chi connectivity index (χ0n) is 13.7. The molecule has 0 amide bonds. The van der Waals surface area contributed by atoms with Crippen LogP contribution in [0.25, 0.3) is 5.82 Å². The van der Waals surface area contributed by atoms with Crippen molar-refractivity contribution in [2.75, 3.05) is 6.54 Å². The predicted octanol–water partition coefficient (Wildman–Crippen LogP) is 2.70. The third kappa shape index (κ3) is 2.92. The molecule has 1 aliphatic rings. The maximum absolute atomic E-state index is 4.85. The molecule has 0 spiro atoms. The van der Waals surface area contributed by atoms with Crippen molar-refractivity contribution in [2.24, 2.45) is 0 Å². The first kappa shape index (κ1) is 15.0. The first-order chi connectivity index (χ1) is 11.8. The SMILES string of the molecule is Cc1nccn1-c1cncc(C2CCCN2Cc2cccnc2)n1. The first-order valence-electron chi connectivity index (χ1n) is 8.26. The summed E-state index contributed by atoms with van der Waals surface area (Å²) in [5.74, 6) is 1.75. The number of aryl methyl sites for hydroxylation is 1. The maximum atomic E-state index is 4.85. The van der Waals surface area contributed by atoms with Gasteiger partial charge in [0.1, 0.15) is 5.82 Å². The molecular formula is C18H20N6. The Balaban J connectivity index is 1.59. The van der Waals surface area contributed by atoms with Crippen molar-refractivity contribution >= 4 is 0 Å². The standard InChI is InChI=1S/C18H20N6/c1-14-21-7-9-24(14)18-12-20-11-16(22-18)17-5-3-8-23(17)13-15-4-2-6-19-10-15/h2,4,6-7,9-12,17H,3,5,8,13H2,1H3. The second-order valence-corrected chi connectivity index (χ2v) is 6.14. The van der Waals surface area contributed by atoms with Gasteiger partial charge in [0.05, 0.1) is 24.1 Å². The van der Waals surface area contributed by atoms with Crippen LogP contribution >= 0.6 is 0 Å². The summed E-state index contributed by atoms with van der Waals surface area (Å²) in [7, 11) is 0. The van der Waals surface area contributed by atoms with Crippen molar-refractivity contribution in [1.82, 2.24) is 29.4 Å². The third-order valence-electron chi connectivity index (χ3n) is 4.53. The molecule has 4 rings (SSSR count). The molecule has 0 aromatic carbocycles. The minimum absolute atomic E-state index is 0.307. The Kier molecular flexibility index (Phi) is 4.04. The van der Waals surface area contributed by atoms with Crippen LogP contribution in [0.1, 0.15) is 36.0 Å². The van der Waals surface area contributed by atoms with Gasteiger partial charge in [-0.3, -0.25) is 19.4 Å². The number of pyridine rings is 1. The molecule has 0 N–H and O–H groups in total. The summed E-state index contributed by atoms with van der Waals surface area (Å²) in [5.41, 5.74) is 2.26. The molecule has 0 saturated carbocycles. The van der Waals surface area contributed by atoms with Crippen LogP contribution in [-0.4, -0.2) is 35.9 Å². The lowest BCUT2D eigenvalue weighted by atomic mass is 10.1. The molecule has 1 fully saturated rings. The maximum Gasteiger partial charge on any atom is 0.156 e. The summed E-state index contributed by atoms with van der Waals surface area (Å²) in [5, 5.41) is 0. The number of hydrogen-bond acceptors (Lipinski definition) is 5. The van der Waals surface area contributed by atoms with Gasteiger partial charge < -0.3 is 0 Å². The van der Waals surface area contributed by atoms with Crippen molar-refractivity contribution in [3.63, 3.8) is 0 Å². The predicted molar refractivity (Wildman–Crippen MR) is 90.5 cm³/mol. The average molecular weight is 320 g/mol. The second kappa shape index (κ2) is 6.49. The van der Waals surface area contributed by atoms with Crippen LogP contribution in [0, 0.1) is 6.92 Å². The molecular weight excluding hydrogens is 300 g/mol.